The van der Waals surface area contributed by atoms with Gasteiger partial charge < -0.3 is 9.80 Å². The number of rotatable bonds is 6. The van der Waals surface area contributed by atoms with Crippen molar-refractivity contribution in [2.24, 2.45) is 0 Å². The van der Waals surface area contributed by atoms with Crippen LogP contribution in [-0.4, -0.2) is 0 Å². The molecular weight excluding hydrogens is 637 g/mol. The molecule has 0 radical (unpaired) electrons. The van der Waals surface area contributed by atoms with Gasteiger partial charge in [0.05, 0.1) is 0 Å². The molecule has 0 atom stereocenters. The molecule has 1 aromatic heterocycles. The fraction of sp³-hybridized carbons (Fsp3) is 0.0833. The Morgan fingerprint density at radius 2 is 0.686 bits per heavy atom. The lowest BCUT2D eigenvalue weighted by Gasteiger charge is -2.29. The predicted molar refractivity (Wildman–Crippen MR) is 223 cm³/mol. The summed E-state index contributed by atoms with van der Waals surface area (Å²) in [6, 6.07) is 57.9. The third-order valence-corrected chi connectivity index (χ3v) is 11.5. The molecule has 0 fully saturated rings. The van der Waals surface area contributed by atoms with Crippen LogP contribution < -0.4 is 9.80 Å². The minimum atomic E-state index is 1.16. The molecule has 1 heterocycles. The Balaban J connectivity index is 1.23. The normalized spacial score (nSPS) is 11.5. The Kier molecular flexibility index (Phi) is 7.60. The number of thiophene rings is 1. The van der Waals surface area contributed by atoms with E-state index in [0.717, 1.165) is 11.4 Å². The maximum absolute atomic E-state index is 2.41. The number of anilines is 6. The van der Waals surface area contributed by atoms with E-state index < -0.39 is 0 Å². The summed E-state index contributed by atoms with van der Waals surface area (Å²) in [4.78, 5) is 4.82. The highest BCUT2D eigenvalue weighted by Gasteiger charge is 2.20. The molecular formula is C48H38N2S. The molecule has 0 saturated heterocycles. The van der Waals surface area contributed by atoms with Crippen molar-refractivity contribution in [2.45, 2.75) is 27.7 Å². The zero-order chi connectivity index (χ0) is 34.6. The highest BCUT2D eigenvalue weighted by atomic mass is 32.1. The van der Waals surface area contributed by atoms with E-state index >= 15 is 0 Å². The number of aryl methyl sites for hydroxylation is 4. The van der Waals surface area contributed by atoms with Gasteiger partial charge in [-0.3, -0.25) is 0 Å². The minimum Gasteiger partial charge on any atom is -0.310 e. The summed E-state index contributed by atoms with van der Waals surface area (Å²) >= 11 is 1.89. The Bertz CT molecular complexity index is 2490. The molecule has 246 valence electrons. The van der Waals surface area contributed by atoms with Crippen molar-refractivity contribution in [3.8, 4) is 0 Å². The Morgan fingerprint density at radius 1 is 0.353 bits per heavy atom. The van der Waals surface area contributed by atoms with Gasteiger partial charge in [-0.15, -0.1) is 11.3 Å². The van der Waals surface area contributed by atoms with Gasteiger partial charge in [-0.25, -0.2) is 0 Å². The SMILES string of the molecule is Cc1ccccc1N(c1ccc2c(ccc3sc4ccc5cc(N(c6ccccc6C)c6ccccc6C)ccc5c4c32)c1)c1ccccc1C. The number of hydrogen-bond acceptors (Lipinski definition) is 3. The Labute approximate surface area is 303 Å². The lowest BCUT2D eigenvalue weighted by atomic mass is 9.98. The van der Waals surface area contributed by atoms with Gasteiger partial charge >= 0.3 is 0 Å². The summed E-state index contributed by atoms with van der Waals surface area (Å²) in [6.45, 7) is 8.78. The number of para-hydroxylation sites is 4. The summed E-state index contributed by atoms with van der Waals surface area (Å²) in [5, 5.41) is 7.73. The second-order valence-electron chi connectivity index (χ2n) is 13.6. The van der Waals surface area contributed by atoms with Crippen LogP contribution in [0.15, 0.2) is 158 Å². The molecule has 0 spiro atoms. The molecule has 3 heteroatoms. The van der Waals surface area contributed by atoms with Gasteiger partial charge in [0, 0.05) is 54.3 Å². The summed E-state index contributed by atoms with van der Waals surface area (Å²) in [5.41, 5.74) is 12.1. The lowest BCUT2D eigenvalue weighted by molar-refractivity contribution is 1.23. The molecule has 0 aliphatic carbocycles. The smallest absolute Gasteiger partial charge is 0.0490 e. The molecule has 0 aliphatic heterocycles. The molecule has 0 unspecified atom stereocenters. The van der Waals surface area contributed by atoms with Gasteiger partial charge in [0.1, 0.15) is 0 Å². The van der Waals surface area contributed by atoms with E-state index in [4.69, 9.17) is 0 Å². The van der Waals surface area contributed by atoms with E-state index in [0.29, 0.717) is 0 Å². The minimum absolute atomic E-state index is 1.16. The summed E-state index contributed by atoms with van der Waals surface area (Å²) in [5.74, 6) is 0. The van der Waals surface area contributed by atoms with Crippen LogP contribution in [0.5, 0.6) is 0 Å². The Hall–Kier alpha value is -5.90. The first-order chi connectivity index (χ1) is 25.0. The van der Waals surface area contributed by atoms with E-state index in [1.807, 2.05) is 11.3 Å². The number of nitrogens with zero attached hydrogens (tertiary/aromatic N) is 2. The highest BCUT2D eigenvalue weighted by molar-refractivity contribution is 7.26. The van der Waals surface area contributed by atoms with Crippen LogP contribution in [0.4, 0.5) is 34.1 Å². The second kappa shape index (κ2) is 12.5. The predicted octanol–water partition coefficient (Wildman–Crippen LogP) is 14.5. The van der Waals surface area contributed by atoms with Crippen molar-refractivity contribution in [1.29, 1.82) is 0 Å². The molecule has 0 saturated carbocycles. The molecule has 8 aromatic carbocycles. The number of fused-ring (bicyclic) bond motifs is 7. The van der Waals surface area contributed by atoms with Gasteiger partial charge in [-0.05, 0) is 132 Å². The average Bonchev–Trinajstić information content (AvgIpc) is 3.54. The second-order valence-corrected chi connectivity index (χ2v) is 14.7. The summed E-state index contributed by atoms with van der Waals surface area (Å²) in [6.07, 6.45) is 0. The van der Waals surface area contributed by atoms with Crippen molar-refractivity contribution in [3.63, 3.8) is 0 Å². The van der Waals surface area contributed by atoms with Crippen LogP contribution in [0.25, 0.3) is 41.7 Å². The topological polar surface area (TPSA) is 6.48 Å². The van der Waals surface area contributed by atoms with Crippen LogP contribution in [0, 0.1) is 27.7 Å². The van der Waals surface area contributed by atoms with E-state index in [1.54, 1.807) is 0 Å². The quantitative estimate of drug-likeness (QED) is 0.173. The number of benzene rings is 8. The van der Waals surface area contributed by atoms with Gasteiger partial charge in [0.2, 0.25) is 0 Å². The molecule has 51 heavy (non-hydrogen) atoms. The van der Waals surface area contributed by atoms with Crippen LogP contribution in [0.2, 0.25) is 0 Å². The van der Waals surface area contributed by atoms with Gasteiger partial charge in [-0.1, -0.05) is 97.1 Å². The zero-order valence-electron chi connectivity index (χ0n) is 29.3. The lowest BCUT2D eigenvalue weighted by Crippen LogP contribution is -2.12. The highest BCUT2D eigenvalue weighted by Crippen LogP contribution is 2.46. The first-order valence-corrected chi connectivity index (χ1v) is 18.4. The number of hydrogen-bond donors (Lipinski definition) is 0. The van der Waals surface area contributed by atoms with E-state index in [2.05, 4.69) is 195 Å². The molecule has 0 N–H and O–H groups in total. The molecule has 9 rings (SSSR count). The summed E-state index contributed by atoms with van der Waals surface area (Å²) < 4.78 is 2.64. The van der Waals surface area contributed by atoms with E-state index in [-0.39, 0.29) is 0 Å². The largest absolute Gasteiger partial charge is 0.310 e. The van der Waals surface area contributed by atoms with Gasteiger partial charge in [0.25, 0.3) is 0 Å². The fourth-order valence-corrected chi connectivity index (χ4v) is 8.89. The maximum atomic E-state index is 2.41. The molecule has 9 aromatic rings. The molecule has 0 bridgehead atoms. The van der Waals surface area contributed by atoms with Crippen molar-refractivity contribution in [1.82, 2.24) is 0 Å². The van der Waals surface area contributed by atoms with Crippen molar-refractivity contribution in [2.75, 3.05) is 9.80 Å². The van der Waals surface area contributed by atoms with Crippen LogP contribution in [0.1, 0.15) is 22.3 Å². The van der Waals surface area contributed by atoms with Crippen LogP contribution >= 0.6 is 11.3 Å². The van der Waals surface area contributed by atoms with E-state index in [1.165, 1.54) is 86.7 Å². The van der Waals surface area contributed by atoms with Crippen molar-refractivity contribution >= 4 is 87.2 Å². The van der Waals surface area contributed by atoms with E-state index in [9.17, 15) is 0 Å². The molecule has 0 aliphatic rings. The first-order valence-electron chi connectivity index (χ1n) is 17.6. The standard InChI is InChI=1S/C48H38N2S/c1-31-13-5-9-17-41(31)49(42-18-10-6-14-32(42)2)37-23-25-39-35(29-37)21-27-45-47(39)48-40-26-24-38(30-36(40)22-28-46(48)51-45)50(43-19-11-7-15-33(43)3)44-20-12-8-16-34(44)4/h5-30H,1-4H3. The molecule has 0 amide bonds. The van der Waals surface area contributed by atoms with Gasteiger partial charge in [-0.2, -0.15) is 0 Å². The third-order valence-electron chi connectivity index (χ3n) is 10.3. The fourth-order valence-electron chi connectivity index (χ4n) is 7.75. The van der Waals surface area contributed by atoms with Crippen LogP contribution in [0.3, 0.4) is 0 Å². The monoisotopic (exact) mass is 674 g/mol. The third kappa shape index (κ3) is 5.24. The van der Waals surface area contributed by atoms with Gasteiger partial charge in [0.15, 0.2) is 0 Å². The maximum Gasteiger partial charge on any atom is 0.0490 e. The first kappa shape index (κ1) is 31.1. The zero-order valence-corrected chi connectivity index (χ0v) is 30.1. The average molecular weight is 675 g/mol. The summed E-state index contributed by atoms with van der Waals surface area (Å²) in [7, 11) is 0. The molecule has 2 nitrogen and oxygen atoms in total. The van der Waals surface area contributed by atoms with Crippen molar-refractivity contribution in [3.05, 3.63) is 180 Å². The Morgan fingerprint density at radius 3 is 1.02 bits per heavy atom. The van der Waals surface area contributed by atoms with Crippen LogP contribution in [-0.2, 0) is 0 Å². The van der Waals surface area contributed by atoms with Crippen molar-refractivity contribution < 1.29 is 0 Å².